The monoisotopic (exact) mass is 446 g/mol. The summed E-state index contributed by atoms with van der Waals surface area (Å²) in [6.45, 7) is 3.12. The highest BCUT2D eigenvalue weighted by molar-refractivity contribution is 7.90. The molecule has 2 aliphatic rings. The van der Waals surface area contributed by atoms with Gasteiger partial charge in [-0.15, -0.1) is 0 Å². The van der Waals surface area contributed by atoms with Gasteiger partial charge in [-0.2, -0.15) is 0 Å². The quantitative estimate of drug-likeness (QED) is 0.490. The minimum Gasteiger partial charge on any atom is -0.611 e. The Hall–Kier alpha value is -2.47. The number of anilines is 2. The fraction of sp³-hybridized carbons (Fsp3) is 0.333. The molecule has 5 heteroatoms. The molecule has 0 radical (unpaired) electrons. The van der Waals surface area contributed by atoms with Crippen LogP contribution in [0.15, 0.2) is 77.7 Å². The van der Waals surface area contributed by atoms with Crippen molar-refractivity contribution in [1.29, 1.82) is 0 Å². The second kappa shape index (κ2) is 9.57. The first-order valence-electron chi connectivity index (χ1n) is 11.4. The van der Waals surface area contributed by atoms with Crippen LogP contribution in [0.2, 0.25) is 0 Å². The van der Waals surface area contributed by atoms with Gasteiger partial charge in [0, 0.05) is 30.4 Å². The maximum Gasteiger partial charge on any atom is 0.176 e. The molecule has 0 amide bonds. The Morgan fingerprint density at radius 3 is 2.53 bits per heavy atom. The molecule has 0 bridgehead atoms. The normalized spacial score (nSPS) is 20.5. The Morgan fingerprint density at radius 1 is 0.969 bits per heavy atom. The van der Waals surface area contributed by atoms with Gasteiger partial charge in [0.1, 0.15) is 11.5 Å². The van der Waals surface area contributed by atoms with Crippen molar-refractivity contribution in [1.82, 2.24) is 4.90 Å². The second-order valence-electron chi connectivity index (χ2n) is 8.63. The third-order valence-electron chi connectivity index (χ3n) is 6.71. The highest BCUT2D eigenvalue weighted by Crippen LogP contribution is 2.40. The van der Waals surface area contributed by atoms with E-state index in [1.54, 1.807) is 7.11 Å². The van der Waals surface area contributed by atoms with E-state index in [0.29, 0.717) is 11.8 Å². The Labute approximate surface area is 194 Å². The molecule has 0 aromatic heterocycles. The minimum atomic E-state index is -1.02. The van der Waals surface area contributed by atoms with E-state index in [-0.39, 0.29) is 0 Å². The largest absolute Gasteiger partial charge is 0.611 e. The van der Waals surface area contributed by atoms with Gasteiger partial charge in [-0.3, -0.25) is 4.90 Å². The van der Waals surface area contributed by atoms with Gasteiger partial charge < -0.3 is 14.2 Å². The first-order chi connectivity index (χ1) is 15.7. The average Bonchev–Trinajstić information content (AvgIpc) is 3.24. The molecule has 4 nitrogen and oxygen atoms in total. The fourth-order valence-electron chi connectivity index (χ4n) is 4.99. The number of para-hydroxylation sites is 2. The van der Waals surface area contributed by atoms with Gasteiger partial charge in [0.2, 0.25) is 0 Å². The van der Waals surface area contributed by atoms with Crippen LogP contribution in [0.5, 0.6) is 5.75 Å². The minimum absolute atomic E-state index is 0.487. The lowest BCUT2D eigenvalue weighted by atomic mass is 10.1. The van der Waals surface area contributed by atoms with Crippen LogP contribution < -0.4 is 9.64 Å². The Balaban J connectivity index is 1.37. The lowest BCUT2D eigenvalue weighted by Crippen LogP contribution is -2.40. The lowest BCUT2D eigenvalue weighted by molar-refractivity contribution is 0.261. The van der Waals surface area contributed by atoms with E-state index in [2.05, 4.69) is 58.3 Å². The molecule has 0 N–H and O–H groups in total. The van der Waals surface area contributed by atoms with Crippen molar-refractivity contribution in [3.8, 4) is 5.75 Å². The number of hydrogen-bond donors (Lipinski definition) is 0. The summed E-state index contributed by atoms with van der Waals surface area (Å²) in [5.74, 6) is 1.49. The molecule has 2 heterocycles. The van der Waals surface area contributed by atoms with Gasteiger partial charge in [0.05, 0.1) is 12.8 Å². The standard InChI is InChI=1S/C27H30N2O2S/c1-31-24-14-12-21(13-15-24)16-18-28-17-6-8-23(28)19-29-25-9-3-2-7-22(25)20-32(30)27-11-5-4-10-26(27)29/h2-5,7,9-15,23H,6,8,16-20H2,1H3/t23-,32?/m0/s1. The average molecular weight is 447 g/mol. The van der Waals surface area contributed by atoms with Gasteiger partial charge in [0.25, 0.3) is 0 Å². The molecule has 166 valence electrons. The number of likely N-dealkylation sites (tertiary alicyclic amines) is 1. The first-order valence-corrected chi connectivity index (χ1v) is 12.7. The van der Waals surface area contributed by atoms with Crippen molar-refractivity contribution in [2.45, 2.75) is 36.0 Å². The van der Waals surface area contributed by atoms with Crippen LogP contribution in [-0.4, -0.2) is 42.2 Å². The molecule has 3 aromatic carbocycles. The molecule has 5 rings (SSSR count). The second-order valence-corrected chi connectivity index (χ2v) is 10.0. The SMILES string of the molecule is COc1ccc(CCN2CCC[C@H]2CN2c3ccccc3C[S+]([O-])c3ccccc32)cc1. The van der Waals surface area contributed by atoms with Gasteiger partial charge in [-0.25, -0.2) is 0 Å². The summed E-state index contributed by atoms with van der Waals surface area (Å²) in [6.07, 6.45) is 3.47. The van der Waals surface area contributed by atoms with Crippen LogP contribution in [0, 0.1) is 0 Å². The van der Waals surface area contributed by atoms with E-state index in [1.807, 2.05) is 24.3 Å². The molecular weight excluding hydrogens is 416 g/mol. The topological polar surface area (TPSA) is 38.8 Å². The van der Waals surface area contributed by atoms with Crippen molar-refractivity contribution in [2.75, 3.05) is 31.6 Å². The Morgan fingerprint density at radius 2 is 1.72 bits per heavy atom. The van der Waals surface area contributed by atoms with E-state index in [4.69, 9.17) is 4.74 Å². The zero-order chi connectivity index (χ0) is 21.9. The fourth-order valence-corrected chi connectivity index (χ4v) is 6.31. The van der Waals surface area contributed by atoms with Crippen molar-refractivity contribution in [3.05, 3.63) is 83.9 Å². The van der Waals surface area contributed by atoms with E-state index >= 15 is 0 Å². The zero-order valence-electron chi connectivity index (χ0n) is 18.6. The molecule has 0 saturated carbocycles. The van der Waals surface area contributed by atoms with E-state index in [0.717, 1.165) is 42.4 Å². The summed E-state index contributed by atoms with van der Waals surface area (Å²) in [4.78, 5) is 6.01. The van der Waals surface area contributed by atoms with E-state index in [9.17, 15) is 4.55 Å². The molecule has 3 aromatic rings. The zero-order valence-corrected chi connectivity index (χ0v) is 19.4. The van der Waals surface area contributed by atoms with E-state index < -0.39 is 11.2 Å². The molecule has 2 atom stereocenters. The number of ether oxygens (including phenoxy) is 1. The van der Waals surface area contributed by atoms with Crippen LogP contribution in [0.4, 0.5) is 11.4 Å². The predicted octanol–water partition coefficient (Wildman–Crippen LogP) is 5.16. The van der Waals surface area contributed by atoms with Gasteiger partial charge >= 0.3 is 0 Å². The molecule has 2 aliphatic heterocycles. The Kier molecular flexibility index (Phi) is 6.39. The van der Waals surface area contributed by atoms with Gasteiger partial charge in [0.15, 0.2) is 4.90 Å². The molecule has 1 fully saturated rings. The summed E-state index contributed by atoms with van der Waals surface area (Å²) in [6, 6.07) is 25.6. The lowest BCUT2D eigenvalue weighted by Gasteiger charge is -2.32. The van der Waals surface area contributed by atoms with Crippen LogP contribution in [-0.2, 0) is 23.3 Å². The van der Waals surface area contributed by atoms with Crippen LogP contribution >= 0.6 is 0 Å². The summed E-state index contributed by atoms with van der Waals surface area (Å²) in [5, 5.41) is 0. The highest BCUT2D eigenvalue weighted by atomic mass is 32.2. The van der Waals surface area contributed by atoms with E-state index in [1.165, 1.54) is 29.7 Å². The highest BCUT2D eigenvalue weighted by Gasteiger charge is 2.32. The number of benzene rings is 3. The number of rotatable bonds is 6. The Bertz CT molecular complexity index is 1060. The van der Waals surface area contributed by atoms with Crippen molar-refractivity contribution in [3.63, 3.8) is 0 Å². The summed E-state index contributed by atoms with van der Waals surface area (Å²) < 4.78 is 18.4. The van der Waals surface area contributed by atoms with Crippen molar-refractivity contribution >= 4 is 22.6 Å². The molecule has 0 spiro atoms. The maximum atomic E-state index is 13.1. The molecule has 1 saturated heterocycles. The van der Waals surface area contributed by atoms with Crippen molar-refractivity contribution < 1.29 is 9.29 Å². The van der Waals surface area contributed by atoms with Gasteiger partial charge in [-0.1, -0.05) is 42.5 Å². The molecule has 1 unspecified atom stereocenters. The van der Waals surface area contributed by atoms with Crippen LogP contribution in [0.3, 0.4) is 0 Å². The summed E-state index contributed by atoms with van der Waals surface area (Å²) in [7, 11) is 1.71. The molecular formula is C27H30N2O2S. The number of methoxy groups -OCH3 is 1. The number of hydrogen-bond acceptors (Lipinski definition) is 4. The number of fused-ring (bicyclic) bond motifs is 2. The third kappa shape index (κ3) is 4.38. The molecule has 0 aliphatic carbocycles. The smallest absolute Gasteiger partial charge is 0.176 e. The van der Waals surface area contributed by atoms with Gasteiger partial charge in [-0.05, 0) is 72.9 Å². The van der Waals surface area contributed by atoms with Crippen LogP contribution in [0.25, 0.3) is 0 Å². The predicted molar refractivity (Wildman–Crippen MR) is 131 cm³/mol. The van der Waals surface area contributed by atoms with Crippen molar-refractivity contribution in [2.24, 2.45) is 0 Å². The molecule has 32 heavy (non-hydrogen) atoms. The maximum absolute atomic E-state index is 13.1. The summed E-state index contributed by atoms with van der Waals surface area (Å²) >= 11 is -1.02. The van der Waals surface area contributed by atoms with Crippen LogP contribution in [0.1, 0.15) is 24.0 Å². The first kappa shape index (κ1) is 21.4. The summed E-state index contributed by atoms with van der Waals surface area (Å²) in [5.41, 5.74) is 4.81. The number of nitrogens with zero attached hydrogens (tertiary/aromatic N) is 2. The third-order valence-corrected chi connectivity index (χ3v) is 8.12.